The molecule has 3 heteroatoms. The number of hydrogen-bond donors (Lipinski definition) is 0. The molecule has 0 unspecified atom stereocenters. The molecule has 3 nitrogen and oxygen atoms in total. The molecule has 0 amide bonds. The zero-order chi connectivity index (χ0) is 11.3. The summed E-state index contributed by atoms with van der Waals surface area (Å²) in [5.41, 5.74) is 0.991. The van der Waals surface area contributed by atoms with Gasteiger partial charge in [0.1, 0.15) is 6.10 Å². The van der Waals surface area contributed by atoms with E-state index in [9.17, 15) is 0 Å². The summed E-state index contributed by atoms with van der Waals surface area (Å²) in [6.45, 7) is 3.71. The predicted molar refractivity (Wildman–Crippen MR) is 59.5 cm³/mol. The molecule has 82 valence electrons. The van der Waals surface area contributed by atoms with E-state index < -0.39 is 0 Å². The fourth-order valence-electron chi connectivity index (χ4n) is 1.40. The lowest BCUT2D eigenvalue weighted by molar-refractivity contribution is 0.142. The summed E-state index contributed by atoms with van der Waals surface area (Å²) >= 11 is 0. The van der Waals surface area contributed by atoms with Crippen LogP contribution >= 0.6 is 0 Å². The summed E-state index contributed by atoms with van der Waals surface area (Å²) in [6.07, 6.45) is 1.62. The normalized spacial score (nSPS) is 11.9. The van der Waals surface area contributed by atoms with Crippen LogP contribution in [0.25, 0.3) is 0 Å². The SMILES string of the molecule is C=C[C@H](OC)c1ccc(OC)c(OC)c1. The average Bonchev–Trinajstić information content (AvgIpc) is 2.30. The van der Waals surface area contributed by atoms with E-state index in [4.69, 9.17) is 14.2 Å². The van der Waals surface area contributed by atoms with Crippen LogP contribution in [0.4, 0.5) is 0 Å². The number of methoxy groups -OCH3 is 3. The van der Waals surface area contributed by atoms with Crippen molar-refractivity contribution in [1.82, 2.24) is 0 Å². The van der Waals surface area contributed by atoms with E-state index in [1.165, 1.54) is 0 Å². The highest BCUT2D eigenvalue weighted by atomic mass is 16.5. The van der Waals surface area contributed by atoms with Gasteiger partial charge in [-0.05, 0) is 17.7 Å². The Balaban J connectivity index is 3.06. The minimum atomic E-state index is -0.121. The van der Waals surface area contributed by atoms with Crippen LogP contribution in [0.2, 0.25) is 0 Å². The summed E-state index contributed by atoms with van der Waals surface area (Å²) in [6, 6.07) is 5.66. The lowest BCUT2D eigenvalue weighted by atomic mass is 10.1. The van der Waals surface area contributed by atoms with Gasteiger partial charge in [-0.25, -0.2) is 0 Å². The van der Waals surface area contributed by atoms with Crippen molar-refractivity contribution in [2.75, 3.05) is 21.3 Å². The minimum absolute atomic E-state index is 0.121. The molecule has 1 aromatic rings. The standard InChI is InChI=1S/C12H16O3/c1-5-10(13-2)9-6-7-11(14-3)12(8-9)15-4/h5-8,10H,1H2,2-4H3/t10-/m0/s1. The van der Waals surface area contributed by atoms with Crippen molar-refractivity contribution >= 4 is 0 Å². The molecule has 0 saturated carbocycles. The summed E-state index contributed by atoms with van der Waals surface area (Å²) < 4.78 is 15.6. The van der Waals surface area contributed by atoms with E-state index >= 15 is 0 Å². The first-order valence-corrected chi connectivity index (χ1v) is 4.64. The summed E-state index contributed by atoms with van der Waals surface area (Å²) in [7, 11) is 4.86. The summed E-state index contributed by atoms with van der Waals surface area (Å²) in [5.74, 6) is 1.40. The van der Waals surface area contributed by atoms with Crippen LogP contribution < -0.4 is 9.47 Å². The Bertz CT molecular complexity index is 334. The predicted octanol–water partition coefficient (Wildman–Crippen LogP) is 2.58. The molecular formula is C12H16O3. The Morgan fingerprint density at radius 1 is 1.13 bits per heavy atom. The molecule has 1 aromatic carbocycles. The van der Waals surface area contributed by atoms with Crippen molar-refractivity contribution in [3.05, 3.63) is 36.4 Å². The maximum atomic E-state index is 5.24. The van der Waals surface area contributed by atoms with Crippen LogP contribution in [0.15, 0.2) is 30.9 Å². The van der Waals surface area contributed by atoms with Gasteiger partial charge >= 0.3 is 0 Å². The molecule has 0 heterocycles. The molecule has 0 radical (unpaired) electrons. The Hall–Kier alpha value is -1.48. The van der Waals surface area contributed by atoms with Crippen molar-refractivity contribution in [1.29, 1.82) is 0 Å². The second-order valence-electron chi connectivity index (χ2n) is 3.01. The van der Waals surface area contributed by atoms with Gasteiger partial charge in [0, 0.05) is 7.11 Å². The first-order chi connectivity index (χ1) is 7.26. The van der Waals surface area contributed by atoms with Gasteiger partial charge in [0.05, 0.1) is 14.2 Å². The number of hydrogen-bond acceptors (Lipinski definition) is 3. The maximum Gasteiger partial charge on any atom is 0.161 e. The van der Waals surface area contributed by atoms with E-state index in [0.29, 0.717) is 11.5 Å². The van der Waals surface area contributed by atoms with E-state index in [1.54, 1.807) is 27.4 Å². The average molecular weight is 208 g/mol. The Labute approximate surface area is 90.3 Å². The van der Waals surface area contributed by atoms with E-state index in [-0.39, 0.29) is 6.10 Å². The van der Waals surface area contributed by atoms with Gasteiger partial charge in [-0.1, -0.05) is 12.1 Å². The minimum Gasteiger partial charge on any atom is -0.493 e. The van der Waals surface area contributed by atoms with Gasteiger partial charge in [-0.15, -0.1) is 6.58 Å². The second kappa shape index (κ2) is 5.41. The lowest BCUT2D eigenvalue weighted by Gasteiger charge is -2.14. The molecule has 1 atom stereocenters. The Morgan fingerprint density at radius 2 is 1.80 bits per heavy atom. The van der Waals surface area contributed by atoms with Gasteiger partial charge in [0.2, 0.25) is 0 Å². The van der Waals surface area contributed by atoms with Crippen molar-refractivity contribution in [3.63, 3.8) is 0 Å². The van der Waals surface area contributed by atoms with Crippen molar-refractivity contribution in [3.8, 4) is 11.5 Å². The maximum absolute atomic E-state index is 5.24. The van der Waals surface area contributed by atoms with Crippen LogP contribution in [0.3, 0.4) is 0 Å². The third-order valence-corrected chi connectivity index (χ3v) is 2.20. The third-order valence-electron chi connectivity index (χ3n) is 2.20. The quantitative estimate of drug-likeness (QED) is 0.696. The molecular weight excluding hydrogens is 192 g/mol. The van der Waals surface area contributed by atoms with Gasteiger partial charge in [-0.3, -0.25) is 0 Å². The lowest BCUT2D eigenvalue weighted by Crippen LogP contribution is -1.99. The van der Waals surface area contributed by atoms with Crippen molar-refractivity contribution in [2.24, 2.45) is 0 Å². The largest absolute Gasteiger partial charge is 0.493 e. The fourth-order valence-corrected chi connectivity index (χ4v) is 1.40. The van der Waals surface area contributed by atoms with E-state index in [2.05, 4.69) is 6.58 Å². The zero-order valence-electron chi connectivity index (χ0n) is 9.32. The Kier molecular flexibility index (Phi) is 4.18. The topological polar surface area (TPSA) is 27.7 Å². The first-order valence-electron chi connectivity index (χ1n) is 4.64. The van der Waals surface area contributed by atoms with Crippen LogP contribution in [0.5, 0.6) is 11.5 Å². The molecule has 0 fully saturated rings. The molecule has 1 rings (SSSR count). The molecule has 0 aromatic heterocycles. The smallest absolute Gasteiger partial charge is 0.161 e. The molecule has 0 aliphatic heterocycles. The van der Waals surface area contributed by atoms with Gasteiger partial charge < -0.3 is 14.2 Å². The molecule has 0 aliphatic carbocycles. The highest BCUT2D eigenvalue weighted by Gasteiger charge is 2.10. The molecule has 15 heavy (non-hydrogen) atoms. The molecule has 0 N–H and O–H groups in total. The van der Waals surface area contributed by atoms with E-state index in [0.717, 1.165) is 5.56 Å². The fraction of sp³-hybridized carbons (Fsp3) is 0.333. The van der Waals surface area contributed by atoms with Crippen molar-refractivity contribution < 1.29 is 14.2 Å². The molecule has 0 spiro atoms. The number of rotatable bonds is 5. The number of benzene rings is 1. The summed E-state index contributed by atoms with van der Waals surface area (Å²) in [4.78, 5) is 0. The van der Waals surface area contributed by atoms with Gasteiger partial charge in [0.15, 0.2) is 11.5 Å². The van der Waals surface area contributed by atoms with Crippen LogP contribution in [0.1, 0.15) is 11.7 Å². The third kappa shape index (κ3) is 2.50. The van der Waals surface area contributed by atoms with Crippen molar-refractivity contribution in [2.45, 2.75) is 6.10 Å². The molecule has 0 saturated heterocycles. The van der Waals surface area contributed by atoms with E-state index in [1.807, 2.05) is 18.2 Å². The van der Waals surface area contributed by atoms with Crippen LogP contribution in [-0.2, 0) is 4.74 Å². The Morgan fingerprint density at radius 3 is 2.27 bits per heavy atom. The monoisotopic (exact) mass is 208 g/mol. The highest BCUT2D eigenvalue weighted by molar-refractivity contribution is 5.44. The number of ether oxygens (including phenoxy) is 3. The molecule has 0 bridgehead atoms. The van der Waals surface area contributed by atoms with Crippen LogP contribution in [0, 0.1) is 0 Å². The zero-order valence-corrected chi connectivity index (χ0v) is 9.32. The second-order valence-corrected chi connectivity index (χ2v) is 3.01. The first kappa shape index (κ1) is 11.6. The summed E-state index contributed by atoms with van der Waals surface area (Å²) in [5, 5.41) is 0. The van der Waals surface area contributed by atoms with Crippen LogP contribution in [-0.4, -0.2) is 21.3 Å². The van der Waals surface area contributed by atoms with Gasteiger partial charge in [-0.2, -0.15) is 0 Å². The molecule has 0 aliphatic rings. The highest BCUT2D eigenvalue weighted by Crippen LogP contribution is 2.31. The van der Waals surface area contributed by atoms with Gasteiger partial charge in [0.25, 0.3) is 0 Å².